The molecule has 0 aliphatic heterocycles. The molecule has 0 fully saturated rings. The van der Waals surface area contributed by atoms with Crippen LogP contribution in [0.3, 0.4) is 0 Å². The van der Waals surface area contributed by atoms with Crippen molar-refractivity contribution < 1.29 is 19.5 Å². The molecule has 0 aromatic heterocycles. The van der Waals surface area contributed by atoms with Gasteiger partial charge in [-0.15, -0.1) is 0 Å². The first-order valence-electron chi connectivity index (χ1n) is 9.85. The average molecular weight is 411 g/mol. The lowest BCUT2D eigenvalue weighted by Gasteiger charge is -2.09. The molecule has 0 spiro atoms. The van der Waals surface area contributed by atoms with Crippen LogP contribution >= 0.6 is 0 Å². The van der Waals surface area contributed by atoms with Crippen LogP contribution in [0.1, 0.15) is 11.1 Å². The number of benzene rings is 4. The first-order chi connectivity index (χ1) is 15.2. The van der Waals surface area contributed by atoms with Gasteiger partial charge in [0.2, 0.25) is 6.61 Å². The van der Waals surface area contributed by atoms with Gasteiger partial charge in [-0.2, -0.15) is 0 Å². The zero-order chi connectivity index (χ0) is 21.5. The standard InChI is InChI=1S/C26H21NO4/c28-26(29)18-31-27-16-19-8-11-22(12-9-19)24-6-3-7-25(15-24)30-17-20-10-13-21-4-1-2-5-23(21)14-20/h1-16H,17-18H2,(H,28,29)/b27-16+. The van der Waals surface area contributed by atoms with Gasteiger partial charge in [0.15, 0.2) is 0 Å². The molecule has 0 unspecified atom stereocenters. The minimum Gasteiger partial charge on any atom is -0.489 e. The Morgan fingerprint density at radius 2 is 1.65 bits per heavy atom. The van der Waals surface area contributed by atoms with Crippen LogP contribution < -0.4 is 4.74 Å². The van der Waals surface area contributed by atoms with Crippen molar-refractivity contribution in [1.82, 2.24) is 0 Å². The first-order valence-corrected chi connectivity index (χ1v) is 9.85. The van der Waals surface area contributed by atoms with Crippen LogP contribution in [-0.2, 0) is 16.2 Å². The Labute approximate surface area is 180 Å². The molecule has 0 saturated carbocycles. The highest BCUT2D eigenvalue weighted by Gasteiger charge is 2.03. The van der Waals surface area contributed by atoms with E-state index in [2.05, 4.69) is 40.3 Å². The Morgan fingerprint density at radius 1 is 0.839 bits per heavy atom. The molecule has 4 aromatic rings. The van der Waals surface area contributed by atoms with Crippen molar-refractivity contribution in [3.05, 3.63) is 102 Å². The van der Waals surface area contributed by atoms with E-state index in [1.54, 1.807) is 0 Å². The normalized spacial score (nSPS) is 11.0. The molecule has 5 heteroatoms. The van der Waals surface area contributed by atoms with Crippen molar-refractivity contribution in [3.63, 3.8) is 0 Å². The van der Waals surface area contributed by atoms with Gasteiger partial charge in [-0.1, -0.05) is 78.0 Å². The van der Waals surface area contributed by atoms with E-state index < -0.39 is 12.6 Å². The predicted octanol–water partition coefficient (Wildman–Crippen LogP) is 5.52. The zero-order valence-corrected chi connectivity index (χ0v) is 16.8. The summed E-state index contributed by atoms with van der Waals surface area (Å²) in [4.78, 5) is 15.1. The van der Waals surface area contributed by atoms with Crippen molar-refractivity contribution in [1.29, 1.82) is 0 Å². The Morgan fingerprint density at radius 3 is 2.45 bits per heavy atom. The molecule has 0 aliphatic carbocycles. The third-order valence-electron chi connectivity index (χ3n) is 4.76. The first kappa shape index (κ1) is 20.2. The third kappa shape index (κ3) is 5.48. The molecule has 0 radical (unpaired) electrons. The molecule has 31 heavy (non-hydrogen) atoms. The van der Waals surface area contributed by atoms with E-state index in [1.807, 2.05) is 60.7 Å². The van der Waals surface area contributed by atoms with Gasteiger partial charge in [0.1, 0.15) is 12.4 Å². The summed E-state index contributed by atoms with van der Waals surface area (Å²) in [6.07, 6.45) is 1.48. The summed E-state index contributed by atoms with van der Waals surface area (Å²) in [6.45, 7) is 0.0423. The summed E-state index contributed by atoms with van der Waals surface area (Å²) in [6, 6.07) is 30.3. The molecule has 1 N–H and O–H groups in total. The predicted molar refractivity (Wildman–Crippen MR) is 121 cm³/mol. The SMILES string of the molecule is O=C(O)CO/N=C/c1ccc(-c2cccc(OCc3ccc4ccccc4c3)c2)cc1. The summed E-state index contributed by atoms with van der Waals surface area (Å²) in [5.41, 5.74) is 4.03. The fraction of sp³-hybridized carbons (Fsp3) is 0.0769. The minimum atomic E-state index is -1.06. The molecule has 0 bridgehead atoms. The van der Waals surface area contributed by atoms with Crippen LogP contribution in [0.4, 0.5) is 0 Å². The summed E-state index contributed by atoms with van der Waals surface area (Å²) >= 11 is 0. The van der Waals surface area contributed by atoms with Gasteiger partial charge in [-0.25, -0.2) is 4.79 Å². The molecule has 0 heterocycles. The maximum atomic E-state index is 10.4. The van der Waals surface area contributed by atoms with Crippen molar-refractivity contribution in [2.24, 2.45) is 5.16 Å². The van der Waals surface area contributed by atoms with E-state index in [9.17, 15) is 4.79 Å². The quantitative estimate of drug-likeness (QED) is 0.306. The third-order valence-corrected chi connectivity index (χ3v) is 4.76. The Balaban J connectivity index is 1.41. The highest BCUT2D eigenvalue weighted by atomic mass is 16.6. The number of oxime groups is 1. The maximum Gasteiger partial charge on any atom is 0.344 e. The van der Waals surface area contributed by atoms with Crippen LogP contribution in [0.25, 0.3) is 21.9 Å². The Bertz CT molecular complexity index is 1220. The number of carbonyl (C=O) groups is 1. The fourth-order valence-electron chi connectivity index (χ4n) is 3.21. The lowest BCUT2D eigenvalue weighted by atomic mass is 10.0. The molecule has 154 valence electrons. The number of aliphatic carboxylic acids is 1. The van der Waals surface area contributed by atoms with Crippen molar-refractivity contribution >= 4 is 23.0 Å². The van der Waals surface area contributed by atoms with E-state index in [1.165, 1.54) is 17.0 Å². The highest BCUT2D eigenvalue weighted by Crippen LogP contribution is 2.25. The lowest BCUT2D eigenvalue weighted by molar-refractivity contribution is -0.142. The van der Waals surface area contributed by atoms with E-state index in [4.69, 9.17) is 9.84 Å². The number of fused-ring (bicyclic) bond motifs is 1. The second-order valence-electron chi connectivity index (χ2n) is 7.02. The molecule has 4 aromatic carbocycles. The highest BCUT2D eigenvalue weighted by molar-refractivity contribution is 5.83. The van der Waals surface area contributed by atoms with Crippen LogP contribution in [0, 0.1) is 0 Å². The van der Waals surface area contributed by atoms with Gasteiger partial charge in [-0.05, 0) is 51.2 Å². The smallest absolute Gasteiger partial charge is 0.344 e. The Hall–Kier alpha value is -4.12. The number of hydrogen-bond donors (Lipinski definition) is 1. The number of rotatable bonds is 8. The number of ether oxygens (including phenoxy) is 1. The summed E-state index contributed by atoms with van der Waals surface area (Å²) in [5.74, 6) is -0.256. The number of nitrogens with zero attached hydrogens (tertiary/aromatic N) is 1. The fourth-order valence-corrected chi connectivity index (χ4v) is 3.21. The molecule has 4 rings (SSSR count). The van der Waals surface area contributed by atoms with Gasteiger partial charge in [0, 0.05) is 0 Å². The lowest BCUT2D eigenvalue weighted by Crippen LogP contribution is -2.03. The number of carboxylic acids is 1. The van der Waals surface area contributed by atoms with Crippen molar-refractivity contribution in [2.75, 3.05) is 6.61 Å². The molecule has 0 amide bonds. The van der Waals surface area contributed by atoms with Crippen LogP contribution in [-0.4, -0.2) is 23.9 Å². The van der Waals surface area contributed by atoms with Crippen molar-refractivity contribution in [2.45, 2.75) is 6.61 Å². The molecule has 0 aliphatic rings. The van der Waals surface area contributed by atoms with Gasteiger partial charge >= 0.3 is 5.97 Å². The van der Waals surface area contributed by atoms with Crippen LogP contribution in [0.15, 0.2) is 96.2 Å². The van der Waals surface area contributed by atoms with Crippen LogP contribution in [0.5, 0.6) is 5.75 Å². The van der Waals surface area contributed by atoms with E-state index in [0.29, 0.717) is 6.61 Å². The van der Waals surface area contributed by atoms with Gasteiger partial charge < -0.3 is 14.7 Å². The molecule has 5 nitrogen and oxygen atoms in total. The van der Waals surface area contributed by atoms with Crippen molar-refractivity contribution in [3.8, 4) is 16.9 Å². The second-order valence-corrected chi connectivity index (χ2v) is 7.02. The Kier molecular flexibility index (Phi) is 6.24. The molecule has 0 atom stereocenters. The van der Waals surface area contributed by atoms with Gasteiger partial charge in [-0.3, -0.25) is 0 Å². The average Bonchev–Trinajstić information content (AvgIpc) is 2.81. The monoisotopic (exact) mass is 411 g/mol. The van der Waals surface area contributed by atoms with E-state index in [0.717, 1.165) is 28.0 Å². The minimum absolute atomic E-state index is 0.458. The second kappa shape index (κ2) is 9.59. The topological polar surface area (TPSA) is 68.1 Å². The maximum absolute atomic E-state index is 10.4. The summed E-state index contributed by atoms with van der Waals surface area (Å²) in [7, 11) is 0. The van der Waals surface area contributed by atoms with Crippen LogP contribution in [0.2, 0.25) is 0 Å². The zero-order valence-electron chi connectivity index (χ0n) is 16.8. The number of carboxylic acid groups (broad SMARTS) is 1. The van der Waals surface area contributed by atoms with Gasteiger partial charge in [0.05, 0.1) is 6.21 Å². The summed E-state index contributed by atoms with van der Waals surface area (Å²) in [5, 5.41) is 14.6. The molecular weight excluding hydrogens is 390 g/mol. The molecule has 0 saturated heterocycles. The summed E-state index contributed by atoms with van der Waals surface area (Å²) < 4.78 is 6.03. The number of hydrogen-bond acceptors (Lipinski definition) is 4. The van der Waals surface area contributed by atoms with E-state index >= 15 is 0 Å². The molecular formula is C26H21NO4. The largest absolute Gasteiger partial charge is 0.489 e. The van der Waals surface area contributed by atoms with Gasteiger partial charge in [0.25, 0.3) is 0 Å². The van der Waals surface area contributed by atoms with E-state index in [-0.39, 0.29) is 0 Å².